The van der Waals surface area contributed by atoms with Gasteiger partial charge in [0.1, 0.15) is 5.76 Å². The van der Waals surface area contributed by atoms with Crippen molar-refractivity contribution in [2.45, 2.75) is 0 Å². The maximum atomic E-state index is 6.11. The van der Waals surface area contributed by atoms with E-state index < -0.39 is 0 Å². The maximum Gasteiger partial charge on any atom is 0.216 e. The fourth-order valence-corrected chi connectivity index (χ4v) is 2.53. The van der Waals surface area contributed by atoms with Crippen molar-refractivity contribution in [3.63, 3.8) is 0 Å². The number of oxazole rings is 1. The number of aromatic nitrogens is 1. The number of nitrogens with zero attached hydrogens (tertiary/aromatic N) is 1. The van der Waals surface area contributed by atoms with Crippen molar-refractivity contribution in [2.75, 3.05) is 0 Å². The monoisotopic (exact) mass is 489 g/mol. The molecule has 1 heterocycles. The van der Waals surface area contributed by atoms with Crippen molar-refractivity contribution in [1.29, 1.82) is 0 Å². The van der Waals surface area contributed by atoms with Gasteiger partial charge in [-0.15, -0.1) is 35.9 Å². The standard InChI is InChI=1S/C21H14NO.Ir/c1-4-10-16(11-5-1)19-20(17-12-6-2-7-13-17)23-21(22-19)18-14-8-3-9-15-18;/h1-10,12-15H;/q-1;. The molecule has 119 valence electrons. The summed E-state index contributed by atoms with van der Waals surface area (Å²) in [5.41, 5.74) is 3.72. The Labute approximate surface area is 154 Å². The Kier molecular flexibility index (Phi) is 5.05. The summed E-state index contributed by atoms with van der Waals surface area (Å²) in [5.74, 6) is 1.39. The van der Waals surface area contributed by atoms with Crippen LogP contribution in [-0.4, -0.2) is 4.98 Å². The van der Waals surface area contributed by atoms with E-state index >= 15 is 0 Å². The van der Waals surface area contributed by atoms with Gasteiger partial charge in [-0.2, -0.15) is 0 Å². The molecule has 24 heavy (non-hydrogen) atoms. The Morgan fingerprint density at radius 3 is 1.96 bits per heavy atom. The molecule has 0 aliphatic heterocycles. The van der Waals surface area contributed by atoms with Crippen molar-refractivity contribution in [1.82, 2.24) is 4.98 Å². The van der Waals surface area contributed by atoms with E-state index in [4.69, 9.17) is 9.40 Å². The van der Waals surface area contributed by atoms with Crippen LogP contribution in [0, 0.1) is 6.07 Å². The van der Waals surface area contributed by atoms with Crippen LogP contribution in [0.1, 0.15) is 0 Å². The van der Waals surface area contributed by atoms with Crippen molar-refractivity contribution in [2.24, 2.45) is 0 Å². The predicted octanol–water partition coefficient (Wildman–Crippen LogP) is 5.47. The molecule has 3 aromatic carbocycles. The van der Waals surface area contributed by atoms with Crippen LogP contribution in [0.4, 0.5) is 0 Å². The number of benzene rings is 3. The molecule has 0 aliphatic rings. The summed E-state index contributed by atoms with van der Waals surface area (Å²) >= 11 is 0. The third kappa shape index (κ3) is 3.23. The third-order valence-corrected chi connectivity index (χ3v) is 3.65. The first-order valence-electron chi connectivity index (χ1n) is 7.50. The summed E-state index contributed by atoms with van der Waals surface area (Å²) in [6.45, 7) is 0. The Balaban J connectivity index is 0.00000169. The van der Waals surface area contributed by atoms with Crippen molar-refractivity contribution < 1.29 is 24.5 Å². The van der Waals surface area contributed by atoms with Crippen LogP contribution in [0.2, 0.25) is 0 Å². The van der Waals surface area contributed by atoms with Gasteiger partial charge in [0.2, 0.25) is 5.89 Å². The third-order valence-electron chi connectivity index (χ3n) is 3.65. The fraction of sp³-hybridized carbons (Fsp3) is 0. The van der Waals surface area contributed by atoms with Gasteiger partial charge in [0.15, 0.2) is 0 Å². The number of hydrogen-bond acceptors (Lipinski definition) is 2. The minimum absolute atomic E-state index is 0. The number of hydrogen-bond donors (Lipinski definition) is 0. The van der Waals surface area contributed by atoms with Gasteiger partial charge in [-0.1, -0.05) is 48.5 Å². The van der Waals surface area contributed by atoms with Crippen LogP contribution >= 0.6 is 0 Å². The first-order valence-corrected chi connectivity index (χ1v) is 7.50. The fourth-order valence-electron chi connectivity index (χ4n) is 2.53. The molecule has 0 aliphatic carbocycles. The molecular formula is C21H14IrNO-. The van der Waals surface area contributed by atoms with E-state index in [2.05, 4.69) is 6.07 Å². The zero-order valence-corrected chi connectivity index (χ0v) is 15.2. The predicted molar refractivity (Wildman–Crippen MR) is 91.6 cm³/mol. The van der Waals surface area contributed by atoms with E-state index in [9.17, 15) is 0 Å². The van der Waals surface area contributed by atoms with Gasteiger partial charge in [-0.3, -0.25) is 4.98 Å². The molecule has 4 rings (SSSR count). The second kappa shape index (κ2) is 7.39. The SMILES string of the molecule is [Ir].[c-]1ccccc1-c1nc(-c2ccccc2)oc1-c1ccccc1. The van der Waals surface area contributed by atoms with E-state index in [-0.39, 0.29) is 20.1 Å². The zero-order valence-electron chi connectivity index (χ0n) is 12.8. The molecular weight excluding hydrogens is 474 g/mol. The molecule has 0 bridgehead atoms. The summed E-state index contributed by atoms with van der Waals surface area (Å²) in [4.78, 5) is 4.73. The molecule has 0 unspecified atom stereocenters. The zero-order chi connectivity index (χ0) is 15.5. The average molecular weight is 489 g/mol. The molecule has 4 aromatic rings. The second-order valence-corrected chi connectivity index (χ2v) is 5.21. The molecule has 0 N–H and O–H groups in total. The minimum atomic E-state index is 0. The first kappa shape index (κ1) is 16.4. The van der Waals surface area contributed by atoms with E-state index in [1.165, 1.54) is 0 Å². The van der Waals surface area contributed by atoms with Crippen molar-refractivity contribution >= 4 is 0 Å². The summed E-state index contributed by atoms with van der Waals surface area (Å²) < 4.78 is 6.11. The van der Waals surface area contributed by atoms with E-state index in [0.717, 1.165) is 28.1 Å². The van der Waals surface area contributed by atoms with E-state index in [1.54, 1.807) is 0 Å². The summed E-state index contributed by atoms with van der Waals surface area (Å²) in [7, 11) is 0. The molecule has 0 saturated carbocycles. The molecule has 0 fully saturated rings. The maximum absolute atomic E-state index is 6.11. The minimum Gasteiger partial charge on any atom is -0.446 e. The Morgan fingerprint density at radius 1 is 0.708 bits per heavy atom. The summed E-state index contributed by atoms with van der Waals surface area (Å²) in [6.07, 6.45) is 0. The van der Waals surface area contributed by atoms with Crippen LogP contribution in [0.5, 0.6) is 0 Å². The summed E-state index contributed by atoms with van der Waals surface area (Å²) in [6, 6.07) is 31.1. The molecule has 2 nitrogen and oxygen atoms in total. The van der Waals surface area contributed by atoms with Gasteiger partial charge in [0.05, 0.1) is 0 Å². The van der Waals surface area contributed by atoms with Crippen LogP contribution in [0.15, 0.2) is 89.3 Å². The molecule has 0 atom stereocenters. The molecule has 0 saturated heterocycles. The topological polar surface area (TPSA) is 26.0 Å². The summed E-state index contributed by atoms with van der Waals surface area (Å²) in [5, 5.41) is 0. The van der Waals surface area contributed by atoms with Gasteiger partial charge >= 0.3 is 0 Å². The van der Waals surface area contributed by atoms with E-state index in [0.29, 0.717) is 5.89 Å². The quantitative estimate of drug-likeness (QED) is 0.357. The molecule has 1 radical (unpaired) electrons. The average Bonchev–Trinajstić information content (AvgIpc) is 3.09. The van der Waals surface area contributed by atoms with Gasteiger partial charge in [0, 0.05) is 36.9 Å². The molecule has 0 amide bonds. The van der Waals surface area contributed by atoms with Crippen molar-refractivity contribution in [3.05, 3.63) is 91.0 Å². The smallest absolute Gasteiger partial charge is 0.216 e. The molecule has 3 heteroatoms. The van der Waals surface area contributed by atoms with E-state index in [1.807, 2.05) is 84.9 Å². The van der Waals surface area contributed by atoms with Crippen molar-refractivity contribution in [3.8, 4) is 34.0 Å². The van der Waals surface area contributed by atoms with Gasteiger partial charge in [-0.25, -0.2) is 0 Å². The van der Waals surface area contributed by atoms with Gasteiger partial charge in [0.25, 0.3) is 0 Å². The Hall–Kier alpha value is -2.48. The largest absolute Gasteiger partial charge is 0.446 e. The first-order chi connectivity index (χ1) is 11.4. The Bertz CT molecular complexity index is 846. The number of rotatable bonds is 3. The second-order valence-electron chi connectivity index (χ2n) is 5.21. The molecule has 1 aromatic heterocycles. The van der Waals surface area contributed by atoms with Crippen LogP contribution in [-0.2, 0) is 20.1 Å². The van der Waals surface area contributed by atoms with Gasteiger partial charge in [-0.05, 0) is 12.1 Å². The van der Waals surface area contributed by atoms with Gasteiger partial charge < -0.3 is 4.42 Å². The van der Waals surface area contributed by atoms with Crippen LogP contribution in [0.25, 0.3) is 34.0 Å². The van der Waals surface area contributed by atoms with Crippen LogP contribution in [0.3, 0.4) is 0 Å². The van der Waals surface area contributed by atoms with Crippen LogP contribution < -0.4 is 0 Å². The normalized spacial score (nSPS) is 10.2. The molecule has 0 spiro atoms. The Morgan fingerprint density at radius 2 is 1.33 bits per heavy atom.